The van der Waals surface area contributed by atoms with Crippen LogP contribution >= 0.6 is 11.6 Å². The van der Waals surface area contributed by atoms with Gasteiger partial charge in [-0.2, -0.15) is 0 Å². The molecule has 0 aromatic heterocycles. The minimum atomic E-state index is -1.29. The van der Waals surface area contributed by atoms with E-state index in [1.165, 1.54) is 9.80 Å². The molecule has 5 rings (SSSR count). The van der Waals surface area contributed by atoms with E-state index < -0.39 is 65.4 Å². The number of halogens is 1. The second-order valence-corrected chi connectivity index (χ2v) is 12.6. The molecule has 3 fully saturated rings. The molecular weight excluding hydrogens is 622 g/mol. The lowest BCUT2D eigenvalue weighted by molar-refractivity contribution is -0.146. The average molecular weight is 664 g/mol. The summed E-state index contributed by atoms with van der Waals surface area (Å²) in [6.45, 7) is 8.95. The van der Waals surface area contributed by atoms with E-state index in [2.05, 4.69) is 18.5 Å². The van der Waals surface area contributed by atoms with E-state index >= 15 is 0 Å². The fraction of sp³-hybridized carbons (Fsp3) is 0.444. The number of aliphatic hydroxyl groups excluding tert-OH is 1. The zero-order valence-electron chi connectivity index (χ0n) is 26.6. The molecule has 3 amide bonds. The molecule has 2 N–H and O–H groups in total. The van der Waals surface area contributed by atoms with Crippen molar-refractivity contribution in [3.8, 4) is 0 Å². The summed E-state index contributed by atoms with van der Waals surface area (Å²) in [4.78, 5) is 58.6. The van der Waals surface area contributed by atoms with Crippen molar-refractivity contribution in [1.29, 1.82) is 0 Å². The number of hydrogen-bond donors (Lipinski definition) is 2. The summed E-state index contributed by atoms with van der Waals surface area (Å²) in [5.74, 6) is -3.53. The van der Waals surface area contributed by atoms with E-state index in [4.69, 9.17) is 21.1 Å². The molecule has 10 nitrogen and oxygen atoms in total. The molecule has 3 saturated heterocycles. The summed E-state index contributed by atoms with van der Waals surface area (Å²) < 4.78 is 12.1. The molecule has 3 heterocycles. The summed E-state index contributed by atoms with van der Waals surface area (Å²) in [7, 11) is 0. The quantitative estimate of drug-likeness (QED) is 0.214. The molecule has 250 valence electrons. The van der Waals surface area contributed by atoms with E-state index in [1.807, 2.05) is 37.3 Å². The zero-order chi connectivity index (χ0) is 33.7. The summed E-state index contributed by atoms with van der Waals surface area (Å²) >= 11 is 6.54. The minimum Gasteiger partial charge on any atom is -0.463 e. The number of ether oxygens (including phenoxy) is 2. The number of carbonyl (C=O) groups excluding carboxylic acids is 4. The van der Waals surface area contributed by atoms with Crippen LogP contribution in [0.1, 0.15) is 50.6 Å². The number of carbonyl (C=O) groups is 4. The Morgan fingerprint density at radius 1 is 1.17 bits per heavy atom. The number of rotatable bonds is 15. The van der Waals surface area contributed by atoms with Gasteiger partial charge in [-0.25, -0.2) is 0 Å². The number of allylic oxidation sites excluding steroid dienone is 1. The molecule has 0 unspecified atom stereocenters. The predicted octanol–water partition coefficient (Wildman–Crippen LogP) is 4.37. The van der Waals surface area contributed by atoms with Crippen LogP contribution in [-0.4, -0.2) is 77.2 Å². The molecule has 3 aliphatic rings. The second kappa shape index (κ2) is 14.8. The molecule has 0 aliphatic carbocycles. The van der Waals surface area contributed by atoms with Crippen LogP contribution in [-0.2, 0) is 28.7 Å². The number of benzene rings is 2. The van der Waals surface area contributed by atoms with Gasteiger partial charge in [0.25, 0.3) is 5.91 Å². The molecule has 0 radical (unpaired) electrons. The first-order chi connectivity index (χ1) is 22.7. The summed E-state index contributed by atoms with van der Waals surface area (Å²) in [5, 5.41) is 13.8. The van der Waals surface area contributed by atoms with Gasteiger partial charge < -0.3 is 29.7 Å². The Morgan fingerprint density at radius 2 is 1.89 bits per heavy atom. The van der Waals surface area contributed by atoms with Gasteiger partial charge in [0.1, 0.15) is 18.2 Å². The lowest BCUT2D eigenvalue weighted by atomic mass is 9.70. The van der Waals surface area contributed by atoms with Gasteiger partial charge in [0.15, 0.2) is 0 Å². The third kappa shape index (κ3) is 6.46. The molecule has 0 saturated carbocycles. The Kier molecular flexibility index (Phi) is 10.8. The SMILES string of the molecule is C=CCCC(=O)OC[C@@H](NC(=O)[C@@H]1[C@@H]2CC[C@]3(O2)[C@H](C(=O)N(CC=C)c2ccccc2Cl)N([C@@H](CC)CO)C(=O)[C@@H]13)c1ccccc1. The number of nitrogens with one attached hydrogen (secondary N) is 1. The van der Waals surface area contributed by atoms with Gasteiger partial charge >= 0.3 is 5.97 Å². The van der Waals surface area contributed by atoms with Crippen LogP contribution in [0, 0.1) is 11.8 Å². The number of nitrogens with zero attached hydrogens (tertiary/aromatic N) is 2. The highest BCUT2D eigenvalue weighted by molar-refractivity contribution is 6.34. The molecular formula is C36H42ClN3O7. The molecule has 3 aliphatic heterocycles. The maximum atomic E-state index is 14.7. The van der Waals surface area contributed by atoms with Gasteiger partial charge in [-0.05, 0) is 43.4 Å². The number of hydrogen-bond acceptors (Lipinski definition) is 7. The Hall–Kier alpha value is -3.99. The molecule has 2 bridgehead atoms. The third-order valence-corrected chi connectivity index (χ3v) is 9.87. The van der Waals surface area contributed by atoms with Gasteiger partial charge in [-0.15, -0.1) is 13.2 Å². The largest absolute Gasteiger partial charge is 0.463 e. The maximum absolute atomic E-state index is 14.7. The van der Waals surface area contributed by atoms with E-state index in [9.17, 15) is 24.3 Å². The fourth-order valence-electron chi connectivity index (χ4n) is 7.37. The smallest absolute Gasteiger partial charge is 0.306 e. The normalized spacial score (nSPS) is 25.5. The van der Waals surface area contributed by atoms with E-state index in [1.54, 1.807) is 36.4 Å². The molecule has 2 aromatic rings. The first-order valence-electron chi connectivity index (χ1n) is 16.1. The number of likely N-dealkylation sites (tertiary alicyclic amines) is 1. The summed E-state index contributed by atoms with van der Waals surface area (Å²) in [5.41, 5.74) is -0.1000. The third-order valence-electron chi connectivity index (χ3n) is 9.55. The predicted molar refractivity (Wildman–Crippen MR) is 177 cm³/mol. The Bertz CT molecular complexity index is 1500. The summed E-state index contributed by atoms with van der Waals surface area (Å²) in [6.07, 6.45) is 4.49. The van der Waals surface area contributed by atoms with Crippen LogP contribution in [0.25, 0.3) is 0 Å². The van der Waals surface area contributed by atoms with Crippen molar-refractivity contribution in [2.45, 2.75) is 68.9 Å². The van der Waals surface area contributed by atoms with Crippen molar-refractivity contribution in [3.05, 3.63) is 90.5 Å². The highest BCUT2D eigenvalue weighted by Gasteiger charge is 2.75. The van der Waals surface area contributed by atoms with Gasteiger partial charge in [0, 0.05) is 13.0 Å². The number of esters is 1. The van der Waals surface area contributed by atoms with Gasteiger partial charge in [-0.1, -0.05) is 73.1 Å². The highest BCUT2D eigenvalue weighted by atomic mass is 35.5. The zero-order valence-corrected chi connectivity index (χ0v) is 27.3. The highest BCUT2D eigenvalue weighted by Crippen LogP contribution is 2.59. The Morgan fingerprint density at radius 3 is 2.55 bits per heavy atom. The van der Waals surface area contributed by atoms with Gasteiger partial charge in [0.05, 0.1) is 47.3 Å². The van der Waals surface area contributed by atoms with Crippen LogP contribution in [0.4, 0.5) is 5.69 Å². The van der Waals surface area contributed by atoms with Crippen molar-refractivity contribution in [1.82, 2.24) is 10.2 Å². The molecule has 2 aromatic carbocycles. The standard InChI is InChI=1S/C36H42ClN3O7/c1-4-7-17-29(42)46-22-26(23-13-9-8-10-14-23)38-33(43)30-28-18-19-36(47-28)31(30)34(44)40(24(6-3)21-41)32(36)35(45)39(20-5-2)27-16-12-11-15-25(27)37/h4-5,8-16,24,26,28,30-32,41H,1-2,6-7,17-22H2,3H3,(H,38,43)/t24-,26+,28-,30+,31+,32-,36+/m0/s1. The van der Waals surface area contributed by atoms with Crippen molar-refractivity contribution in [3.63, 3.8) is 0 Å². The molecule has 1 spiro atoms. The first-order valence-corrected chi connectivity index (χ1v) is 16.5. The van der Waals surface area contributed by atoms with Crippen LogP contribution in [0.15, 0.2) is 79.9 Å². The number of anilines is 1. The van der Waals surface area contributed by atoms with E-state index in [0.717, 1.165) is 5.56 Å². The van der Waals surface area contributed by atoms with Crippen molar-refractivity contribution in [2.24, 2.45) is 11.8 Å². The number of fused-ring (bicyclic) bond motifs is 1. The van der Waals surface area contributed by atoms with Crippen molar-refractivity contribution in [2.75, 3.05) is 24.7 Å². The second-order valence-electron chi connectivity index (χ2n) is 12.2. The monoisotopic (exact) mass is 663 g/mol. The average Bonchev–Trinajstić information content (AvgIpc) is 3.73. The van der Waals surface area contributed by atoms with Crippen molar-refractivity contribution < 1.29 is 33.8 Å². The van der Waals surface area contributed by atoms with Gasteiger partial charge in [-0.3, -0.25) is 19.2 Å². The van der Waals surface area contributed by atoms with Crippen LogP contribution in [0.3, 0.4) is 0 Å². The maximum Gasteiger partial charge on any atom is 0.306 e. The van der Waals surface area contributed by atoms with Gasteiger partial charge in [0.2, 0.25) is 11.8 Å². The number of para-hydroxylation sites is 1. The Labute approximate surface area is 280 Å². The number of aliphatic hydroxyl groups is 1. The van der Waals surface area contributed by atoms with Crippen LogP contribution in [0.2, 0.25) is 5.02 Å². The summed E-state index contributed by atoms with van der Waals surface area (Å²) in [6, 6.07) is 13.6. The Balaban J connectivity index is 1.48. The molecule has 47 heavy (non-hydrogen) atoms. The molecule has 7 atom stereocenters. The number of amides is 3. The van der Waals surface area contributed by atoms with Crippen LogP contribution in [0.5, 0.6) is 0 Å². The lowest BCUT2D eigenvalue weighted by Crippen LogP contribution is -2.59. The van der Waals surface area contributed by atoms with Crippen LogP contribution < -0.4 is 10.2 Å². The van der Waals surface area contributed by atoms with E-state index in [-0.39, 0.29) is 26.2 Å². The minimum absolute atomic E-state index is 0.0995. The topological polar surface area (TPSA) is 125 Å². The lowest BCUT2D eigenvalue weighted by Gasteiger charge is -2.39. The molecule has 11 heteroatoms. The fourth-order valence-corrected chi connectivity index (χ4v) is 7.61. The van der Waals surface area contributed by atoms with E-state index in [0.29, 0.717) is 36.4 Å². The first kappa shape index (κ1) is 34.3. The van der Waals surface area contributed by atoms with Crippen molar-refractivity contribution >= 4 is 41.0 Å².